The highest BCUT2D eigenvalue weighted by Gasteiger charge is 2.38. The quantitative estimate of drug-likeness (QED) is 0.498. The maximum absolute atomic E-state index is 5.84. The molecule has 64 valence electrons. The third-order valence-electron chi connectivity index (χ3n) is 3.18. The first-order chi connectivity index (χ1) is 5.29. The van der Waals surface area contributed by atoms with Gasteiger partial charge in [0.1, 0.15) is 0 Å². The molecule has 1 aliphatic carbocycles. The van der Waals surface area contributed by atoms with Crippen molar-refractivity contribution in [1.82, 2.24) is 5.01 Å². The zero-order valence-electron chi connectivity index (χ0n) is 6.87. The summed E-state index contributed by atoms with van der Waals surface area (Å²) in [6.07, 6.45) is 6.55. The molecule has 0 bridgehead atoms. The zero-order chi connectivity index (χ0) is 7.84. The van der Waals surface area contributed by atoms with E-state index in [0.29, 0.717) is 6.04 Å². The van der Waals surface area contributed by atoms with Crippen LogP contribution in [0.15, 0.2) is 0 Å². The SMILES string of the molecule is NC1CC2CCCCC2N1N. The topological polar surface area (TPSA) is 55.3 Å². The first kappa shape index (κ1) is 7.53. The van der Waals surface area contributed by atoms with E-state index in [0.717, 1.165) is 12.3 Å². The van der Waals surface area contributed by atoms with Gasteiger partial charge >= 0.3 is 0 Å². The van der Waals surface area contributed by atoms with Crippen LogP contribution in [0.1, 0.15) is 32.1 Å². The number of hydrogen-bond acceptors (Lipinski definition) is 3. The third-order valence-corrected chi connectivity index (χ3v) is 3.18. The van der Waals surface area contributed by atoms with Crippen LogP contribution in [0.2, 0.25) is 0 Å². The largest absolute Gasteiger partial charge is 0.315 e. The van der Waals surface area contributed by atoms with E-state index in [4.69, 9.17) is 11.6 Å². The zero-order valence-corrected chi connectivity index (χ0v) is 6.87. The predicted octanol–water partition coefficient (Wildman–Crippen LogP) is 0.409. The monoisotopic (exact) mass is 155 g/mol. The van der Waals surface area contributed by atoms with E-state index in [1.165, 1.54) is 25.7 Å². The van der Waals surface area contributed by atoms with Crippen LogP contribution in [0.4, 0.5) is 0 Å². The maximum atomic E-state index is 5.84. The van der Waals surface area contributed by atoms with Crippen molar-refractivity contribution in [1.29, 1.82) is 0 Å². The van der Waals surface area contributed by atoms with Crippen LogP contribution in [0.25, 0.3) is 0 Å². The molecular weight excluding hydrogens is 138 g/mol. The molecule has 0 aromatic carbocycles. The fraction of sp³-hybridized carbons (Fsp3) is 1.00. The van der Waals surface area contributed by atoms with Crippen molar-refractivity contribution in [3.8, 4) is 0 Å². The predicted molar refractivity (Wildman–Crippen MR) is 44.4 cm³/mol. The summed E-state index contributed by atoms with van der Waals surface area (Å²) < 4.78 is 0. The normalized spacial score (nSPS) is 45.8. The fourth-order valence-corrected chi connectivity index (χ4v) is 2.53. The highest BCUT2D eigenvalue weighted by Crippen LogP contribution is 2.35. The molecule has 3 heteroatoms. The van der Waals surface area contributed by atoms with Crippen LogP contribution >= 0.6 is 0 Å². The van der Waals surface area contributed by atoms with Gasteiger partial charge in [0, 0.05) is 6.04 Å². The van der Waals surface area contributed by atoms with E-state index in [-0.39, 0.29) is 6.17 Å². The summed E-state index contributed by atoms with van der Waals surface area (Å²) in [5.41, 5.74) is 5.84. The summed E-state index contributed by atoms with van der Waals surface area (Å²) in [7, 11) is 0. The molecule has 2 rings (SSSR count). The summed E-state index contributed by atoms with van der Waals surface area (Å²) >= 11 is 0. The van der Waals surface area contributed by atoms with Crippen LogP contribution in [0.3, 0.4) is 0 Å². The first-order valence-electron chi connectivity index (χ1n) is 4.57. The van der Waals surface area contributed by atoms with Gasteiger partial charge in [-0.2, -0.15) is 0 Å². The Morgan fingerprint density at radius 1 is 1.18 bits per heavy atom. The fourth-order valence-electron chi connectivity index (χ4n) is 2.53. The van der Waals surface area contributed by atoms with Gasteiger partial charge < -0.3 is 5.73 Å². The van der Waals surface area contributed by atoms with Gasteiger partial charge in [-0.05, 0) is 25.2 Å². The average Bonchev–Trinajstić information content (AvgIpc) is 2.30. The molecule has 0 spiro atoms. The van der Waals surface area contributed by atoms with Crippen LogP contribution in [0.5, 0.6) is 0 Å². The Morgan fingerprint density at radius 2 is 1.91 bits per heavy atom. The van der Waals surface area contributed by atoms with Crippen LogP contribution in [-0.4, -0.2) is 17.2 Å². The minimum atomic E-state index is 0.128. The van der Waals surface area contributed by atoms with E-state index in [2.05, 4.69) is 0 Å². The number of rotatable bonds is 0. The number of hydrogen-bond donors (Lipinski definition) is 2. The lowest BCUT2D eigenvalue weighted by Gasteiger charge is -2.29. The van der Waals surface area contributed by atoms with Gasteiger partial charge in [0.25, 0.3) is 0 Å². The minimum Gasteiger partial charge on any atom is -0.315 e. The molecule has 0 aromatic rings. The molecule has 1 saturated carbocycles. The number of fused-ring (bicyclic) bond motifs is 1. The molecule has 3 nitrogen and oxygen atoms in total. The lowest BCUT2D eigenvalue weighted by Crippen LogP contribution is -2.47. The molecule has 4 N–H and O–H groups in total. The minimum absolute atomic E-state index is 0.128. The Hall–Kier alpha value is -0.120. The Kier molecular flexibility index (Phi) is 1.87. The van der Waals surface area contributed by atoms with Gasteiger partial charge in [0.2, 0.25) is 0 Å². The Balaban J connectivity index is 2.05. The van der Waals surface area contributed by atoms with E-state index in [9.17, 15) is 0 Å². The van der Waals surface area contributed by atoms with E-state index >= 15 is 0 Å². The Labute approximate surface area is 67.7 Å². The molecule has 0 amide bonds. The molecule has 3 atom stereocenters. The Morgan fingerprint density at radius 3 is 2.64 bits per heavy atom. The van der Waals surface area contributed by atoms with Crippen molar-refractivity contribution in [3.05, 3.63) is 0 Å². The van der Waals surface area contributed by atoms with Crippen molar-refractivity contribution in [2.75, 3.05) is 0 Å². The number of hydrazine groups is 1. The van der Waals surface area contributed by atoms with Gasteiger partial charge in [-0.3, -0.25) is 5.84 Å². The second kappa shape index (κ2) is 2.73. The summed E-state index contributed by atoms with van der Waals surface area (Å²) in [5.74, 6) is 6.64. The van der Waals surface area contributed by atoms with Gasteiger partial charge in [-0.15, -0.1) is 0 Å². The van der Waals surface area contributed by atoms with Crippen molar-refractivity contribution in [2.45, 2.75) is 44.3 Å². The third kappa shape index (κ3) is 1.17. The standard InChI is InChI=1S/C8H17N3/c9-8-5-6-3-1-2-4-7(6)11(8)10/h6-8H,1-5,9-10H2. The second-order valence-corrected chi connectivity index (χ2v) is 3.86. The molecule has 1 heterocycles. The van der Waals surface area contributed by atoms with Gasteiger partial charge in [0.05, 0.1) is 6.17 Å². The molecule has 0 aromatic heterocycles. The molecular formula is C8H17N3. The molecule has 1 saturated heterocycles. The average molecular weight is 155 g/mol. The summed E-state index contributed by atoms with van der Waals surface area (Å²) in [6, 6.07) is 0.596. The van der Waals surface area contributed by atoms with Crippen molar-refractivity contribution < 1.29 is 0 Å². The van der Waals surface area contributed by atoms with Crippen molar-refractivity contribution >= 4 is 0 Å². The second-order valence-electron chi connectivity index (χ2n) is 3.86. The summed E-state index contributed by atoms with van der Waals surface area (Å²) in [5, 5.41) is 1.88. The molecule has 2 aliphatic rings. The number of nitrogens with zero attached hydrogens (tertiary/aromatic N) is 1. The molecule has 2 fully saturated rings. The van der Waals surface area contributed by atoms with Crippen LogP contribution in [0, 0.1) is 5.92 Å². The molecule has 0 radical (unpaired) electrons. The maximum Gasteiger partial charge on any atom is 0.0711 e. The smallest absolute Gasteiger partial charge is 0.0711 e. The highest BCUT2D eigenvalue weighted by atomic mass is 15.5. The van der Waals surface area contributed by atoms with E-state index in [1.54, 1.807) is 0 Å². The van der Waals surface area contributed by atoms with Crippen molar-refractivity contribution in [3.63, 3.8) is 0 Å². The van der Waals surface area contributed by atoms with Gasteiger partial charge in [-0.1, -0.05) is 12.8 Å². The van der Waals surface area contributed by atoms with Crippen molar-refractivity contribution in [2.24, 2.45) is 17.5 Å². The lowest BCUT2D eigenvalue weighted by atomic mass is 9.85. The number of nitrogens with two attached hydrogens (primary N) is 2. The molecule has 3 unspecified atom stereocenters. The Bertz CT molecular complexity index is 148. The van der Waals surface area contributed by atoms with E-state index in [1.807, 2.05) is 5.01 Å². The summed E-state index contributed by atoms with van der Waals surface area (Å²) in [6.45, 7) is 0. The van der Waals surface area contributed by atoms with Crippen LogP contribution < -0.4 is 11.6 Å². The van der Waals surface area contributed by atoms with Crippen LogP contribution in [-0.2, 0) is 0 Å². The molecule has 11 heavy (non-hydrogen) atoms. The first-order valence-corrected chi connectivity index (χ1v) is 4.57. The highest BCUT2D eigenvalue weighted by molar-refractivity contribution is 4.90. The van der Waals surface area contributed by atoms with Gasteiger partial charge in [-0.25, -0.2) is 5.01 Å². The van der Waals surface area contributed by atoms with Gasteiger partial charge in [0.15, 0.2) is 0 Å². The lowest BCUT2D eigenvalue weighted by molar-refractivity contribution is 0.155. The summed E-state index contributed by atoms with van der Waals surface area (Å²) in [4.78, 5) is 0. The molecule has 1 aliphatic heterocycles. The van der Waals surface area contributed by atoms with E-state index < -0.39 is 0 Å².